The SMILES string of the molecule is CO[SiH](CCCCNCCCN)OC. The van der Waals surface area contributed by atoms with Crippen LogP contribution in [0.5, 0.6) is 0 Å². The highest BCUT2D eigenvalue weighted by molar-refractivity contribution is 6.44. The summed E-state index contributed by atoms with van der Waals surface area (Å²) in [5.41, 5.74) is 5.38. The van der Waals surface area contributed by atoms with Crippen molar-refractivity contribution in [1.29, 1.82) is 0 Å². The molecule has 0 spiro atoms. The molecule has 86 valence electrons. The van der Waals surface area contributed by atoms with Crippen molar-refractivity contribution in [2.45, 2.75) is 25.3 Å². The monoisotopic (exact) mass is 220 g/mol. The minimum absolute atomic E-state index is 0.773. The van der Waals surface area contributed by atoms with E-state index in [1.165, 1.54) is 12.8 Å². The van der Waals surface area contributed by atoms with Crippen LogP contribution in [0.2, 0.25) is 6.04 Å². The van der Waals surface area contributed by atoms with Crippen molar-refractivity contribution in [3.8, 4) is 0 Å². The molecule has 14 heavy (non-hydrogen) atoms. The summed E-state index contributed by atoms with van der Waals surface area (Å²) in [4.78, 5) is 0. The summed E-state index contributed by atoms with van der Waals surface area (Å²) < 4.78 is 10.4. The van der Waals surface area contributed by atoms with E-state index in [9.17, 15) is 0 Å². The molecule has 0 saturated heterocycles. The average molecular weight is 220 g/mol. The van der Waals surface area contributed by atoms with Crippen LogP contribution in [0.25, 0.3) is 0 Å². The highest BCUT2D eigenvalue weighted by Gasteiger charge is 2.07. The first-order chi connectivity index (χ1) is 6.85. The Morgan fingerprint density at radius 2 is 1.71 bits per heavy atom. The van der Waals surface area contributed by atoms with Crippen LogP contribution >= 0.6 is 0 Å². The van der Waals surface area contributed by atoms with Crippen LogP contribution in [0.1, 0.15) is 19.3 Å². The number of hydrogen-bond acceptors (Lipinski definition) is 4. The lowest BCUT2D eigenvalue weighted by atomic mass is 10.3. The quantitative estimate of drug-likeness (QED) is 0.408. The predicted molar refractivity (Wildman–Crippen MR) is 61.7 cm³/mol. The maximum Gasteiger partial charge on any atom is 0.320 e. The number of hydrogen-bond donors (Lipinski definition) is 2. The van der Waals surface area contributed by atoms with Crippen molar-refractivity contribution in [2.75, 3.05) is 33.9 Å². The fourth-order valence-corrected chi connectivity index (χ4v) is 2.53. The Hall–Kier alpha value is 0.0569. The Labute approximate surface area is 89.0 Å². The number of nitrogens with one attached hydrogen (secondary N) is 1. The molecule has 0 saturated carbocycles. The predicted octanol–water partition coefficient (Wildman–Crippen LogP) is 0.218. The Kier molecular flexibility index (Phi) is 11.2. The van der Waals surface area contributed by atoms with Gasteiger partial charge in [-0.3, -0.25) is 0 Å². The topological polar surface area (TPSA) is 56.5 Å². The van der Waals surface area contributed by atoms with Gasteiger partial charge in [-0.2, -0.15) is 0 Å². The van der Waals surface area contributed by atoms with Crippen LogP contribution in [0.4, 0.5) is 0 Å². The van der Waals surface area contributed by atoms with Crippen LogP contribution in [0.3, 0.4) is 0 Å². The second-order valence-electron chi connectivity index (χ2n) is 3.29. The Balaban J connectivity index is 3.04. The Morgan fingerprint density at radius 3 is 2.29 bits per heavy atom. The molecule has 0 aromatic carbocycles. The molecule has 0 bridgehead atoms. The van der Waals surface area contributed by atoms with Gasteiger partial charge >= 0.3 is 9.28 Å². The van der Waals surface area contributed by atoms with E-state index < -0.39 is 9.28 Å². The molecule has 0 aliphatic carbocycles. The molecular formula is C9H24N2O2Si. The Bertz CT molecular complexity index is 113. The summed E-state index contributed by atoms with van der Waals surface area (Å²) in [7, 11) is 2.17. The van der Waals surface area contributed by atoms with Gasteiger partial charge in [-0.15, -0.1) is 0 Å². The standard InChI is InChI=1S/C9H24N2O2Si/c1-12-14(13-2)9-4-3-7-11-8-5-6-10/h11,14H,3-10H2,1-2H3. The number of rotatable bonds is 10. The molecule has 0 atom stereocenters. The molecule has 0 aromatic heterocycles. The third-order valence-electron chi connectivity index (χ3n) is 2.13. The molecule has 0 fully saturated rings. The van der Waals surface area contributed by atoms with E-state index >= 15 is 0 Å². The fraction of sp³-hybridized carbons (Fsp3) is 1.00. The lowest BCUT2D eigenvalue weighted by Gasteiger charge is -2.10. The lowest BCUT2D eigenvalue weighted by Crippen LogP contribution is -2.21. The third-order valence-corrected chi connectivity index (χ3v) is 4.06. The fourth-order valence-electron chi connectivity index (χ4n) is 1.24. The molecule has 0 aliphatic heterocycles. The molecule has 3 N–H and O–H groups in total. The maximum atomic E-state index is 5.38. The van der Waals surface area contributed by atoms with Crippen LogP contribution in [0.15, 0.2) is 0 Å². The van der Waals surface area contributed by atoms with Gasteiger partial charge in [-0.05, 0) is 38.5 Å². The summed E-state index contributed by atoms with van der Waals surface area (Å²) in [6, 6.07) is 1.10. The van der Waals surface area contributed by atoms with E-state index in [0.717, 1.165) is 32.1 Å². The van der Waals surface area contributed by atoms with Crippen LogP contribution < -0.4 is 11.1 Å². The second kappa shape index (κ2) is 11.1. The molecule has 4 nitrogen and oxygen atoms in total. The van der Waals surface area contributed by atoms with Gasteiger partial charge in [0.2, 0.25) is 0 Å². The molecular weight excluding hydrogens is 196 g/mol. The van der Waals surface area contributed by atoms with Crippen LogP contribution in [0, 0.1) is 0 Å². The third kappa shape index (κ3) is 8.65. The highest BCUT2D eigenvalue weighted by atomic mass is 28.3. The molecule has 0 aromatic rings. The summed E-state index contributed by atoms with van der Waals surface area (Å²) >= 11 is 0. The zero-order valence-corrected chi connectivity index (χ0v) is 10.6. The van der Waals surface area contributed by atoms with Gasteiger partial charge in [0.25, 0.3) is 0 Å². The summed E-state index contributed by atoms with van der Waals surface area (Å²) in [6.45, 7) is 2.88. The van der Waals surface area contributed by atoms with E-state index in [1.807, 2.05) is 0 Å². The molecule has 5 heteroatoms. The number of nitrogens with two attached hydrogens (primary N) is 1. The molecule has 0 rings (SSSR count). The van der Waals surface area contributed by atoms with Gasteiger partial charge in [0.1, 0.15) is 0 Å². The number of unbranched alkanes of at least 4 members (excludes halogenated alkanes) is 1. The van der Waals surface area contributed by atoms with Gasteiger partial charge in [0.05, 0.1) is 0 Å². The van der Waals surface area contributed by atoms with Crippen molar-refractivity contribution in [1.82, 2.24) is 5.32 Å². The minimum Gasteiger partial charge on any atom is -0.400 e. The highest BCUT2D eigenvalue weighted by Crippen LogP contribution is 2.01. The van der Waals surface area contributed by atoms with Gasteiger partial charge in [0, 0.05) is 14.2 Å². The van der Waals surface area contributed by atoms with Gasteiger partial charge in [-0.25, -0.2) is 0 Å². The van der Waals surface area contributed by atoms with E-state index in [0.29, 0.717) is 0 Å². The second-order valence-corrected chi connectivity index (χ2v) is 5.67. The van der Waals surface area contributed by atoms with E-state index in [4.69, 9.17) is 14.6 Å². The first-order valence-electron chi connectivity index (χ1n) is 5.31. The first kappa shape index (κ1) is 14.1. The average Bonchev–Trinajstić information content (AvgIpc) is 2.22. The van der Waals surface area contributed by atoms with Gasteiger partial charge in [0.15, 0.2) is 0 Å². The van der Waals surface area contributed by atoms with E-state index in [2.05, 4.69) is 5.32 Å². The van der Waals surface area contributed by atoms with Gasteiger partial charge in [-0.1, -0.05) is 6.42 Å². The first-order valence-corrected chi connectivity index (χ1v) is 7.07. The molecule has 0 aliphatic rings. The van der Waals surface area contributed by atoms with Gasteiger partial charge < -0.3 is 19.9 Å². The van der Waals surface area contributed by atoms with Crippen LogP contribution in [-0.4, -0.2) is 43.1 Å². The molecule has 0 radical (unpaired) electrons. The summed E-state index contributed by atoms with van der Waals surface area (Å²) in [5, 5.41) is 3.35. The maximum absolute atomic E-state index is 5.38. The molecule has 0 amide bonds. The van der Waals surface area contributed by atoms with Crippen molar-refractivity contribution < 1.29 is 8.85 Å². The van der Waals surface area contributed by atoms with Crippen molar-refractivity contribution in [3.63, 3.8) is 0 Å². The molecule has 0 heterocycles. The van der Waals surface area contributed by atoms with Crippen LogP contribution in [-0.2, 0) is 8.85 Å². The Morgan fingerprint density at radius 1 is 1.07 bits per heavy atom. The molecule has 0 unspecified atom stereocenters. The van der Waals surface area contributed by atoms with Crippen molar-refractivity contribution >= 4 is 9.28 Å². The smallest absolute Gasteiger partial charge is 0.320 e. The minimum atomic E-state index is -1.30. The zero-order valence-electron chi connectivity index (χ0n) is 9.42. The summed E-state index contributed by atoms with van der Waals surface area (Å²) in [5.74, 6) is 0. The zero-order chi connectivity index (χ0) is 10.6. The van der Waals surface area contributed by atoms with E-state index in [-0.39, 0.29) is 0 Å². The van der Waals surface area contributed by atoms with Crippen molar-refractivity contribution in [3.05, 3.63) is 0 Å². The van der Waals surface area contributed by atoms with E-state index in [1.54, 1.807) is 14.2 Å². The normalized spacial score (nSPS) is 11.1. The largest absolute Gasteiger partial charge is 0.400 e. The summed E-state index contributed by atoms with van der Waals surface area (Å²) in [6.07, 6.45) is 3.45. The lowest BCUT2D eigenvalue weighted by molar-refractivity contribution is 0.276. The van der Waals surface area contributed by atoms with Crippen molar-refractivity contribution in [2.24, 2.45) is 5.73 Å².